The fourth-order valence-corrected chi connectivity index (χ4v) is 2.59. The highest BCUT2D eigenvalue weighted by molar-refractivity contribution is 7.90. The zero-order valence-corrected chi connectivity index (χ0v) is 14.3. The normalized spacial score (nSPS) is 12.4. The molecule has 132 valence electrons. The summed E-state index contributed by atoms with van der Waals surface area (Å²) in [5.41, 5.74) is -0.0397. The minimum absolute atomic E-state index is 0.0239. The molecule has 0 aliphatic rings. The average Bonchev–Trinajstić information content (AvgIpc) is 2.55. The number of hydrogen-bond acceptors (Lipinski definition) is 7. The van der Waals surface area contributed by atoms with Crippen molar-refractivity contribution in [2.45, 2.75) is 18.0 Å². The number of Topliss-reactive ketones (excluding diaryl/α,β-unsaturated/α-hetero) is 1. The van der Waals surface area contributed by atoms with Gasteiger partial charge in [-0.1, -0.05) is 0 Å². The molecule has 0 aliphatic heterocycles. The van der Waals surface area contributed by atoms with Crippen LogP contribution in [-0.4, -0.2) is 43.0 Å². The predicted octanol–water partition coefficient (Wildman–Crippen LogP) is 1.55. The molecule has 1 aromatic heterocycles. The topological polar surface area (TPSA) is 103 Å². The maximum Gasteiger partial charge on any atom is 0.323 e. The number of carbonyl (C=O) groups is 2. The van der Waals surface area contributed by atoms with Gasteiger partial charge in [-0.15, -0.1) is 0 Å². The van der Waals surface area contributed by atoms with Crippen LogP contribution in [0, 0.1) is 5.82 Å². The minimum Gasteiger partial charge on any atom is -0.465 e. The second-order valence-electron chi connectivity index (χ2n) is 5.09. The van der Waals surface area contributed by atoms with E-state index in [1.165, 1.54) is 18.2 Å². The van der Waals surface area contributed by atoms with Crippen LogP contribution in [-0.2, 0) is 19.4 Å². The second kappa shape index (κ2) is 7.47. The molecule has 9 heteroatoms. The first-order valence-electron chi connectivity index (χ1n) is 7.23. The lowest BCUT2D eigenvalue weighted by atomic mass is 9.94. The molecule has 2 aromatic rings. The van der Waals surface area contributed by atoms with E-state index in [0.29, 0.717) is 0 Å². The SMILES string of the molecule is CCOC(=O)C(C(=O)c1ccc(F)cc1)c1ccnc(S(C)(=O)=O)n1. The van der Waals surface area contributed by atoms with Crippen molar-refractivity contribution in [1.29, 1.82) is 0 Å². The molecule has 1 atom stereocenters. The fraction of sp³-hybridized carbons (Fsp3) is 0.250. The summed E-state index contributed by atoms with van der Waals surface area (Å²) < 4.78 is 41.2. The smallest absolute Gasteiger partial charge is 0.323 e. The molecule has 0 bridgehead atoms. The van der Waals surface area contributed by atoms with Crippen molar-refractivity contribution < 1.29 is 27.1 Å². The van der Waals surface area contributed by atoms with Gasteiger partial charge in [0.2, 0.25) is 15.0 Å². The van der Waals surface area contributed by atoms with E-state index in [2.05, 4.69) is 9.97 Å². The van der Waals surface area contributed by atoms with E-state index in [-0.39, 0.29) is 17.9 Å². The molecule has 0 saturated carbocycles. The third-order valence-corrected chi connectivity index (χ3v) is 4.06. The zero-order valence-electron chi connectivity index (χ0n) is 13.5. The van der Waals surface area contributed by atoms with Gasteiger partial charge >= 0.3 is 5.97 Å². The van der Waals surface area contributed by atoms with Crippen molar-refractivity contribution in [3.63, 3.8) is 0 Å². The van der Waals surface area contributed by atoms with E-state index in [1.54, 1.807) is 6.92 Å². The Kier molecular flexibility index (Phi) is 5.58. The molecule has 1 aromatic carbocycles. The Hall–Kier alpha value is -2.68. The molecule has 0 amide bonds. The monoisotopic (exact) mass is 366 g/mol. The first-order valence-corrected chi connectivity index (χ1v) is 9.12. The van der Waals surface area contributed by atoms with Crippen LogP contribution in [0.15, 0.2) is 41.7 Å². The van der Waals surface area contributed by atoms with Gasteiger partial charge in [0.25, 0.3) is 0 Å². The maximum absolute atomic E-state index is 13.0. The number of ketones is 1. The first-order chi connectivity index (χ1) is 11.7. The number of carbonyl (C=O) groups excluding carboxylic acids is 2. The van der Waals surface area contributed by atoms with Crippen molar-refractivity contribution in [1.82, 2.24) is 9.97 Å². The van der Waals surface area contributed by atoms with E-state index >= 15 is 0 Å². The van der Waals surface area contributed by atoms with Gasteiger partial charge in [-0.05, 0) is 37.3 Å². The summed E-state index contributed by atoms with van der Waals surface area (Å²) in [5, 5.41) is -0.508. The van der Waals surface area contributed by atoms with Crippen LogP contribution in [0.3, 0.4) is 0 Å². The molecular weight excluding hydrogens is 351 g/mol. The summed E-state index contributed by atoms with van der Waals surface area (Å²) in [6.45, 7) is 1.59. The quantitative estimate of drug-likeness (QED) is 0.331. The highest BCUT2D eigenvalue weighted by Gasteiger charge is 2.33. The van der Waals surface area contributed by atoms with Crippen molar-refractivity contribution in [2.24, 2.45) is 0 Å². The molecule has 7 nitrogen and oxygen atoms in total. The minimum atomic E-state index is -3.73. The zero-order chi connectivity index (χ0) is 18.6. The molecule has 2 rings (SSSR count). The van der Waals surface area contributed by atoms with Crippen LogP contribution in [0.2, 0.25) is 0 Å². The van der Waals surface area contributed by atoms with E-state index in [0.717, 1.165) is 24.6 Å². The van der Waals surface area contributed by atoms with Gasteiger partial charge in [-0.3, -0.25) is 9.59 Å². The third-order valence-electron chi connectivity index (χ3n) is 3.20. The summed E-state index contributed by atoms with van der Waals surface area (Å²) in [5.74, 6) is -3.58. The third kappa shape index (κ3) is 4.44. The number of benzene rings is 1. The van der Waals surface area contributed by atoms with Crippen LogP contribution in [0.5, 0.6) is 0 Å². The van der Waals surface area contributed by atoms with E-state index < -0.39 is 38.5 Å². The number of halogens is 1. The molecule has 1 heterocycles. The molecule has 0 radical (unpaired) electrons. The Balaban J connectivity index is 2.52. The van der Waals surface area contributed by atoms with Crippen LogP contribution in [0.4, 0.5) is 4.39 Å². The van der Waals surface area contributed by atoms with Crippen molar-refractivity contribution in [2.75, 3.05) is 12.9 Å². The summed E-state index contributed by atoms with van der Waals surface area (Å²) >= 11 is 0. The standard InChI is InChI=1S/C16H15FN2O5S/c1-3-24-15(21)13(14(20)10-4-6-11(17)7-5-10)12-8-9-18-16(19-12)25(2,22)23/h4-9,13H,3H2,1-2H3. The number of sulfone groups is 1. The number of ether oxygens (including phenoxy) is 1. The Labute approximate surface area is 143 Å². The number of esters is 1. The highest BCUT2D eigenvalue weighted by atomic mass is 32.2. The largest absolute Gasteiger partial charge is 0.465 e. The van der Waals surface area contributed by atoms with Gasteiger partial charge in [-0.25, -0.2) is 22.8 Å². The Bertz CT molecular complexity index is 897. The molecule has 0 saturated heterocycles. The van der Waals surface area contributed by atoms with Gasteiger partial charge < -0.3 is 4.74 Å². The van der Waals surface area contributed by atoms with E-state index in [1.807, 2.05) is 0 Å². The summed E-state index contributed by atoms with van der Waals surface area (Å²) in [7, 11) is -3.73. The number of hydrogen-bond donors (Lipinski definition) is 0. The predicted molar refractivity (Wildman–Crippen MR) is 85.2 cm³/mol. The van der Waals surface area contributed by atoms with Gasteiger partial charge in [0.05, 0.1) is 12.3 Å². The first kappa shape index (κ1) is 18.7. The average molecular weight is 366 g/mol. The summed E-state index contributed by atoms with van der Waals surface area (Å²) in [6, 6.07) is 5.87. The molecule has 0 aliphatic carbocycles. The number of aromatic nitrogens is 2. The lowest BCUT2D eigenvalue weighted by Gasteiger charge is -2.14. The van der Waals surface area contributed by atoms with E-state index in [9.17, 15) is 22.4 Å². The summed E-state index contributed by atoms with van der Waals surface area (Å²) in [6.07, 6.45) is 2.05. The van der Waals surface area contributed by atoms with Gasteiger partial charge in [0.15, 0.2) is 11.7 Å². The van der Waals surface area contributed by atoms with Crippen molar-refractivity contribution in [3.05, 3.63) is 53.6 Å². The molecule has 0 spiro atoms. The Morgan fingerprint density at radius 2 is 1.84 bits per heavy atom. The lowest BCUT2D eigenvalue weighted by molar-refractivity contribution is -0.143. The second-order valence-corrected chi connectivity index (χ2v) is 7.00. The molecule has 0 N–H and O–H groups in total. The van der Waals surface area contributed by atoms with Crippen molar-refractivity contribution in [3.8, 4) is 0 Å². The molecular formula is C16H15FN2O5S. The summed E-state index contributed by atoms with van der Waals surface area (Å²) in [4.78, 5) is 32.4. The number of rotatable bonds is 6. The van der Waals surface area contributed by atoms with Crippen LogP contribution >= 0.6 is 0 Å². The molecule has 1 unspecified atom stereocenters. The Morgan fingerprint density at radius 3 is 2.40 bits per heavy atom. The van der Waals surface area contributed by atoms with Gasteiger partial charge in [-0.2, -0.15) is 0 Å². The molecule has 25 heavy (non-hydrogen) atoms. The van der Waals surface area contributed by atoms with Crippen LogP contribution in [0.1, 0.15) is 28.9 Å². The Morgan fingerprint density at radius 1 is 1.20 bits per heavy atom. The fourth-order valence-electron chi connectivity index (χ4n) is 2.06. The lowest BCUT2D eigenvalue weighted by Crippen LogP contribution is -2.26. The van der Waals surface area contributed by atoms with E-state index in [4.69, 9.17) is 4.74 Å². The highest BCUT2D eigenvalue weighted by Crippen LogP contribution is 2.22. The maximum atomic E-state index is 13.0. The van der Waals surface area contributed by atoms with Crippen molar-refractivity contribution >= 4 is 21.6 Å². The molecule has 0 fully saturated rings. The van der Waals surface area contributed by atoms with Crippen LogP contribution in [0.25, 0.3) is 0 Å². The van der Waals surface area contributed by atoms with Gasteiger partial charge in [0.1, 0.15) is 5.82 Å². The van der Waals surface area contributed by atoms with Gasteiger partial charge in [0, 0.05) is 18.0 Å². The van der Waals surface area contributed by atoms with Crippen LogP contribution < -0.4 is 0 Å². The number of nitrogens with zero attached hydrogens (tertiary/aromatic N) is 2.